The molecular weight excluding hydrogens is 486 g/mol. The number of anilines is 2. The van der Waals surface area contributed by atoms with E-state index in [4.69, 9.17) is 17.5 Å². The van der Waals surface area contributed by atoms with Gasteiger partial charge in [-0.15, -0.1) is 0 Å². The molecule has 2 heterocycles. The molecule has 0 bridgehead atoms. The second-order valence-corrected chi connectivity index (χ2v) is 9.20. The largest absolute Gasteiger partial charge is 0.419 e. The molecule has 1 aromatic heterocycles. The molecule has 3 rings (SSSR count). The van der Waals surface area contributed by atoms with E-state index in [2.05, 4.69) is 10.3 Å². The highest BCUT2D eigenvalue weighted by Crippen LogP contribution is 2.34. The van der Waals surface area contributed by atoms with Crippen LogP contribution in [-0.2, 0) is 11.0 Å². The van der Waals surface area contributed by atoms with Gasteiger partial charge in [0.05, 0.1) is 23.0 Å². The van der Waals surface area contributed by atoms with Crippen LogP contribution < -0.4 is 15.1 Å². The topological polar surface area (TPSA) is 89.3 Å². The number of nitrogens with zero attached hydrogens (tertiary/aromatic N) is 4. The predicted molar refractivity (Wildman–Crippen MR) is 124 cm³/mol. The van der Waals surface area contributed by atoms with E-state index in [1.54, 1.807) is 20.8 Å². The van der Waals surface area contributed by atoms with Gasteiger partial charge in [-0.25, -0.2) is 9.37 Å². The molecule has 2 aromatic rings. The van der Waals surface area contributed by atoms with Crippen LogP contribution in [0.4, 0.5) is 28.9 Å². The van der Waals surface area contributed by atoms with Crippen LogP contribution in [-0.4, -0.2) is 34.0 Å². The Hall–Kier alpha value is -3.59. The zero-order valence-corrected chi connectivity index (χ0v) is 19.9. The van der Waals surface area contributed by atoms with Gasteiger partial charge in [0.1, 0.15) is 11.9 Å². The smallest absolute Gasteiger partial charge is 0.347 e. The summed E-state index contributed by atoms with van der Waals surface area (Å²) in [5.74, 6) is -2.01. The fourth-order valence-electron chi connectivity index (χ4n) is 3.46. The summed E-state index contributed by atoms with van der Waals surface area (Å²) in [6, 6.07) is 5.82. The van der Waals surface area contributed by atoms with Gasteiger partial charge in [-0.1, -0.05) is 0 Å². The maximum atomic E-state index is 14.8. The molecule has 2 amide bonds. The molecule has 184 valence electrons. The number of hydrogen-bond donors (Lipinski definition) is 1. The van der Waals surface area contributed by atoms with E-state index < -0.39 is 40.6 Å². The van der Waals surface area contributed by atoms with Gasteiger partial charge >= 0.3 is 6.18 Å². The van der Waals surface area contributed by atoms with E-state index >= 15 is 0 Å². The van der Waals surface area contributed by atoms with Crippen LogP contribution in [0, 0.1) is 17.1 Å². The molecule has 1 saturated heterocycles. The van der Waals surface area contributed by atoms with Crippen molar-refractivity contribution in [2.45, 2.75) is 45.3 Å². The highest BCUT2D eigenvalue weighted by molar-refractivity contribution is 7.81. The Morgan fingerprint density at radius 1 is 1.20 bits per heavy atom. The van der Waals surface area contributed by atoms with Crippen molar-refractivity contribution < 1.29 is 27.2 Å². The molecule has 0 saturated carbocycles. The van der Waals surface area contributed by atoms with Crippen LogP contribution in [0.3, 0.4) is 0 Å². The number of aromatic nitrogens is 1. The zero-order valence-electron chi connectivity index (χ0n) is 19.0. The minimum absolute atomic E-state index is 0.0352. The van der Waals surface area contributed by atoms with Gasteiger partial charge < -0.3 is 10.2 Å². The second-order valence-electron chi connectivity index (χ2n) is 8.83. The zero-order chi connectivity index (χ0) is 26.1. The number of amides is 2. The van der Waals surface area contributed by atoms with Crippen LogP contribution in [0.25, 0.3) is 0 Å². The Morgan fingerprint density at radius 3 is 2.46 bits per heavy atom. The average molecular weight is 508 g/mol. The Labute approximate surface area is 204 Å². The number of alkyl halides is 3. The third kappa shape index (κ3) is 5.74. The Bertz CT molecular complexity index is 1230. The lowest BCUT2D eigenvalue weighted by Gasteiger charge is -2.30. The number of pyridine rings is 1. The van der Waals surface area contributed by atoms with E-state index in [0.29, 0.717) is 12.5 Å². The number of thiocarbonyl (C=S) groups is 1. The van der Waals surface area contributed by atoms with Gasteiger partial charge in [0.15, 0.2) is 10.8 Å². The second kappa shape index (κ2) is 9.58. The maximum Gasteiger partial charge on any atom is 0.419 e. The van der Waals surface area contributed by atoms with Crippen molar-refractivity contribution in [3.05, 3.63) is 53.1 Å². The first kappa shape index (κ1) is 26.0. The summed E-state index contributed by atoms with van der Waals surface area (Å²) < 4.78 is 55.2. The van der Waals surface area contributed by atoms with E-state index in [9.17, 15) is 27.2 Å². The van der Waals surface area contributed by atoms with Crippen molar-refractivity contribution in [3.8, 4) is 6.07 Å². The minimum Gasteiger partial charge on any atom is -0.347 e. The minimum atomic E-state index is -4.88. The summed E-state index contributed by atoms with van der Waals surface area (Å²) in [6.45, 7) is 5.44. The Balaban J connectivity index is 1.99. The maximum absolute atomic E-state index is 14.8. The monoisotopic (exact) mass is 507 g/mol. The summed E-state index contributed by atoms with van der Waals surface area (Å²) in [6.07, 6.45) is -3.66. The highest BCUT2D eigenvalue weighted by Gasteiger charge is 2.37. The number of hydrogen-bond acceptors (Lipinski definition) is 5. The van der Waals surface area contributed by atoms with E-state index in [0.717, 1.165) is 17.2 Å². The summed E-state index contributed by atoms with van der Waals surface area (Å²) in [5.41, 5.74) is -2.96. The first-order chi connectivity index (χ1) is 16.2. The van der Waals surface area contributed by atoms with Crippen LogP contribution >= 0.6 is 12.2 Å². The molecule has 0 unspecified atom stereocenters. The van der Waals surface area contributed by atoms with Gasteiger partial charge in [-0.05, 0) is 63.7 Å². The van der Waals surface area contributed by atoms with Gasteiger partial charge in [0.25, 0.3) is 5.91 Å². The first-order valence-electron chi connectivity index (χ1n) is 10.5. The Morgan fingerprint density at radius 2 is 1.89 bits per heavy atom. The summed E-state index contributed by atoms with van der Waals surface area (Å²) in [7, 11) is 0. The summed E-state index contributed by atoms with van der Waals surface area (Å²) in [5, 5.41) is 11.5. The van der Waals surface area contributed by atoms with Crippen LogP contribution in [0.2, 0.25) is 0 Å². The number of benzene rings is 1. The lowest BCUT2D eigenvalue weighted by atomic mass is 10.1. The van der Waals surface area contributed by atoms with E-state index in [-0.39, 0.29) is 35.0 Å². The molecule has 1 N–H and O–H groups in total. The number of nitrogens with one attached hydrogen (secondary N) is 1. The fraction of sp³-hybridized carbons (Fsp3) is 0.348. The molecule has 1 aliphatic heterocycles. The molecule has 1 fully saturated rings. The molecule has 1 aromatic carbocycles. The van der Waals surface area contributed by atoms with E-state index in [1.807, 2.05) is 0 Å². The van der Waals surface area contributed by atoms with Crippen LogP contribution in [0.15, 0.2) is 30.5 Å². The number of halogens is 4. The molecule has 0 aliphatic carbocycles. The molecule has 1 aliphatic rings. The molecular formula is C23H21F4N5O2S. The molecule has 0 radical (unpaired) electrons. The molecule has 35 heavy (non-hydrogen) atoms. The predicted octanol–water partition coefficient (Wildman–Crippen LogP) is 4.56. The number of carbonyl (C=O) groups excluding carboxylic acids is 2. The van der Waals surface area contributed by atoms with Gasteiger partial charge in [-0.3, -0.25) is 14.5 Å². The SMILES string of the molecule is CC(C)(C)NC(=O)c1ccc(N2CCCC(=O)N(c3cnc(C#N)c(C(F)(F)F)c3)C2=S)cc1F. The summed E-state index contributed by atoms with van der Waals surface area (Å²) >= 11 is 5.43. The van der Waals surface area contributed by atoms with Crippen molar-refractivity contribution in [2.24, 2.45) is 0 Å². The van der Waals surface area contributed by atoms with Crippen molar-refractivity contribution in [2.75, 3.05) is 16.3 Å². The third-order valence-corrected chi connectivity index (χ3v) is 5.39. The van der Waals surface area contributed by atoms with Crippen LogP contribution in [0.1, 0.15) is 55.2 Å². The highest BCUT2D eigenvalue weighted by atomic mass is 32.1. The standard InChI is InChI=1S/C23H21F4N5O2S/c1-22(2,3)30-20(34)15-7-6-13(10-17(15)24)31-8-4-5-19(33)32(21(31)35)14-9-16(23(25,26)27)18(11-28)29-12-14/h6-7,9-10,12H,4-5,8H2,1-3H3,(H,30,34). The Kier molecular flexibility index (Phi) is 7.12. The quantitative estimate of drug-likeness (QED) is 0.484. The number of carbonyl (C=O) groups is 2. The molecule has 7 nitrogen and oxygen atoms in total. The normalized spacial score (nSPS) is 15.0. The van der Waals surface area contributed by atoms with Gasteiger partial charge in [0, 0.05) is 24.2 Å². The third-order valence-electron chi connectivity index (χ3n) is 4.98. The van der Waals surface area contributed by atoms with Crippen LogP contribution in [0.5, 0.6) is 0 Å². The van der Waals surface area contributed by atoms with Gasteiger partial charge in [-0.2, -0.15) is 18.4 Å². The lowest BCUT2D eigenvalue weighted by molar-refractivity contribution is -0.138. The van der Waals surface area contributed by atoms with E-state index in [1.165, 1.54) is 23.1 Å². The average Bonchev–Trinajstić information content (AvgIpc) is 2.89. The van der Waals surface area contributed by atoms with Crippen molar-refractivity contribution in [1.82, 2.24) is 10.3 Å². The number of rotatable bonds is 3. The number of nitriles is 1. The fourth-order valence-corrected chi connectivity index (χ4v) is 3.87. The van der Waals surface area contributed by atoms with Gasteiger partial charge in [0.2, 0.25) is 5.91 Å². The van der Waals surface area contributed by atoms with Crippen molar-refractivity contribution in [1.29, 1.82) is 5.26 Å². The molecule has 12 heteroatoms. The first-order valence-corrected chi connectivity index (χ1v) is 10.9. The molecule has 0 atom stereocenters. The van der Waals surface area contributed by atoms with Crippen molar-refractivity contribution in [3.63, 3.8) is 0 Å². The summed E-state index contributed by atoms with van der Waals surface area (Å²) in [4.78, 5) is 31.0. The van der Waals surface area contributed by atoms with Crippen molar-refractivity contribution >= 4 is 40.5 Å². The lowest BCUT2D eigenvalue weighted by Crippen LogP contribution is -2.44. The molecule has 0 spiro atoms.